The third-order valence-electron chi connectivity index (χ3n) is 3.37. The monoisotopic (exact) mass is 312 g/mol. The number of benzene rings is 2. The Labute approximate surface area is 133 Å². The van der Waals surface area contributed by atoms with Crippen molar-refractivity contribution in [2.24, 2.45) is 0 Å². The van der Waals surface area contributed by atoms with E-state index in [9.17, 15) is 9.59 Å². The number of rotatable bonds is 4. The zero-order valence-electron chi connectivity index (χ0n) is 12.0. The maximum absolute atomic E-state index is 12.0. The van der Waals surface area contributed by atoms with Crippen LogP contribution in [0.25, 0.3) is 0 Å². The molecule has 0 aromatic heterocycles. The largest absolute Gasteiger partial charge is 0.352 e. The molecule has 1 aliphatic rings. The number of nitrogens with one attached hydrogen (secondary N) is 2. The van der Waals surface area contributed by atoms with E-state index in [0.717, 1.165) is 21.7 Å². The molecule has 4 nitrogen and oxygen atoms in total. The highest BCUT2D eigenvalue weighted by molar-refractivity contribution is 8.00. The van der Waals surface area contributed by atoms with Gasteiger partial charge in [-0.3, -0.25) is 9.59 Å². The number of amides is 2. The first-order valence-electron chi connectivity index (χ1n) is 7.07. The van der Waals surface area contributed by atoms with E-state index in [1.54, 1.807) is 0 Å². The molecule has 0 saturated carbocycles. The average Bonchev–Trinajstić information content (AvgIpc) is 2.53. The van der Waals surface area contributed by atoms with Gasteiger partial charge in [0.25, 0.3) is 0 Å². The Hall–Kier alpha value is -2.27. The molecule has 2 N–H and O–H groups in total. The molecule has 5 heteroatoms. The van der Waals surface area contributed by atoms with Crippen molar-refractivity contribution in [3.63, 3.8) is 0 Å². The molecular weight excluding hydrogens is 296 g/mol. The topological polar surface area (TPSA) is 58.2 Å². The zero-order valence-corrected chi connectivity index (χ0v) is 12.8. The van der Waals surface area contributed by atoms with Gasteiger partial charge in [0, 0.05) is 11.4 Å². The molecular formula is C17H16N2O2S. The number of carbonyl (C=O) groups excluding carboxylic acids is 2. The van der Waals surface area contributed by atoms with Gasteiger partial charge in [-0.05, 0) is 23.3 Å². The lowest BCUT2D eigenvalue weighted by molar-refractivity contribution is -0.120. The molecule has 0 aliphatic carbocycles. The van der Waals surface area contributed by atoms with E-state index < -0.39 is 0 Å². The predicted molar refractivity (Wildman–Crippen MR) is 87.8 cm³/mol. The standard InChI is InChI=1S/C17H16N2O2S/c20-16(18-10-12-4-2-1-3-5-12)9-13-6-7-15-14(8-13)19-17(21)11-22-15/h1-8H,9-11H2,(H,18,20)(H,19,21). The fourth-order valence-corrected chi connectivity index (χ4v) is 3.07. The van der Waals surface area contributed by atoms with Gasteiger partial charge in [0.2, 0.25) is 11.8 Å². The molecule has 0 radical (unpaired) electrons. The van der Waals surface area contributed by atoms with E-state index in [-0.39, 0.29) is 11.8 Å². The summed E-state index contributed by atoms with van der Waals surface area (Å²) in [4.78, 5) is 24.5. The first-order chi connectivity index (χ1) is 10.7. The maximum atomic E-state index is 12.0. The second-order valence-electron chi connectivity index (χ2n) is 5.11. The SMILES string of the molecule is O=C(Cc1ccc2c(c1)NC(=O)CS2)NCc1ccccc1. The summed E-state index contributed by atoms with van der Waals surface area (Å²) in [5.41, 5.74) is 2.77. The van der Waals surface area contributed by atoms with E-state index in [2.05, 4.69) is 10.6 Å². The minimum atomic E-state index is -0.0291. The molecule has 0 fully saturated rings. The van der Waals surface area contributed by atoms with E-state index in [4.69, 9.17) is 0 Å². The van der Waals surface area contributed by atoms with Crippen LogP contribution in [0.1, 0.15) is 11.1 Å². The molecule has 2 aromatic rings. The summed E-state index contributed by atoms with van der Waals surface area (Å²) in [6, 6.07) is 15.6. The normalized spacial score (nSPS) is 13.2. The van der Waals surface area contributed by atoms with Gasteiger partial charge in [-0.1, -0.05) is 36.4 Å². The van der Waals surface area contributed by atoms with Crippen molar-refractivity contribution in [1.82, 2.24) is 5.32 Å². The fraction of sp³-hybridized carbons (Fsp3) is 0.176. The van der Waals surface area contributed by atoms with Crippen LogP contribution in [0.3, 0.4) is 0 Å². The Kier molecular flexibility index (Phi) is 4.44. The van der Waals surface area contributed by atoms with Crippen LogP contribution in [-0.2, 0) is 22.6 Å². The molecule has 0 saturated heterocycles. The van der Waals surface area contributed by atoms with Gasteiger partial charge in [-0.2, -0.15) is 0 Å². The highest BCUT2D eigenvalue weighted by Crippen LogP contribution is 2.32. The smallest absolute Gasteiger partial charge is 0.234 e. The number of anilines is 1. The van der Waals surface area contributed by atoms with Crippen LogP contribution in [0.2, 0.25) is 0 Å². The molecule has 0 bridgehead atoms. The average molecular weight is 312 g/mol. The summed E-state index contributed by atoms with van der Waals surface area (Å²) >= 11 is 1.52. The van der Waals surface area contributed by atoms with Crippen LogP contribution >= 0.6 is 11.8 Å². The van der Waals surface area contributed by atoms with Crippen LogP contribution in [-0.4, -0.2) is 17.6 Å². The molecule has 112 valence electrons. The molecule has 2 amide bonds. The van der Waals surface area contributed by atoms with Crippen LogP contribution in [0.15, 0.2) is 53.4 Å². The summed E-state index contributed by atoms with van der Waals surface area (Å²) in [7, 11) is 0. The van der Waals surface area contributed by atoms with Gasteiger partial charge < -0.3 is 10.6 Å². The highest BCUT2D eigenvalue weighted by Gasteiger charge is 2.16. The summed E-state index contributed by atoms with van der Waals surface area (Å²) in [5, 5.41) is 5.74. The minimum Gasteiger partial charge on any atom is -0.352 e. The molecule has 0 spiro atoms. The Bertz CT molecular complexity index is 701. The van der Waals surface area contributed by atoms with E-state index in [1.165, 1.54) is 11.8 Å². The molecule has 2 aromatic carbocycles. The first kappa shape index (κ1) is 14.7. The van der Waals surface area contributed by atoms with Crippen LogP contribution in [0.4, 0.5) is 5.69 Å². The molecule has 1 heterocycles. The summed E-state index contributed by atoms with van der Waals surface area (Å²) in [6.45, 7) is 0.525. The van der Waals surface area contributed by atoms with Crippen LogP contribution in [0.5, 0.6) is 0 Å². The second kappa shape index (κ2) is 6.66. The van der Waals surface area contributed by atoms with E-state index >= 15 is 0 Å². The third-order valence-corrected chi connectivity index (χ3v) is 4.45. The number of hydrogen-bond donors (Lipinski definition) is 2. The number of fused-ring (bicyclic) bond motifs is 1. The lowest BCUT2D eigenvalue weighted by Crippen LogP contribution is -2.24. The van der Waals surface area contributed by atoms with Crippen molar-refractivity contribution < 1.29 is 9.59 Å². The Morgan fingerprint density at radius 2 is 1.95 bits per heavy atom. The fourth-order valence-electron chi connectivity index (χ4n) is 2.28. The maximum Gasteiger partial charge on any atom is 0.234 e. The molecule has 3 rings (SSSR count). The first-order valence-corrected chi connectivity index (χ1v) is 8.05. The van der Waals surface area contributed by atoms with Crippen LogP contribution in [0, 0.1) is 0 Å². The lowest BCUT2D eigenvalue weighted by Gasteiger charge is -2.17. The van der Waals surface area contributed by atoms with Gasteiger partial charge in [0.1, 0.15) is 0 Å². The zero-order chi connectivity index (χ0) is 15.4. The van der Waals surface area contributed by atoms with Crippen molar-refractivity contribution in [2.75, 3.05) is 11.1 Å². The Balaban J connectivity index is 1.60. The molecule has 0 atom stereocenters. The van der Waals surface area contributed by atoms with Gasteiger partial charge in [-0.25, -0.2) is 0 Å². The predicted octanol–water partition coefficient (Wildman–Crippen LogP) is 2.59. The summed E-state index contributed by atoms with van der Waals surface area (Å²) < 4.78 is 0. The number of thioether (sulfide) groups is 1. The highest BCUT2D eigenvalue weighted by atomic mass is 32.2. The Morgan fingerprint density at radius 1 is 1.14 bits per heavy atom. The quantitative estimate of drug-likeness (QED) is 0.912. The third kappa shape index (κ3) is 3.68. The van der Waals surface area contributed by atoms with Gasteiger partial charge in [0.15, 0.2) is 0 Å². The lowest BCUT2D eigenvalue weighted by atomic mass is 10.1. The molecule has 0 unspecified atom stereocenters. The van der Waals surface area contributed by atoms with Crippen molar-refractivity contribution in [1.29, 1.82) is 0 Å². The van der Waals surface area contributed by atoms with Gasteiger partial charge in [-0.15, -0.1) is 11.8 Å². The van der Waals surface area contributed by atoms with Crippen molar-refractivity contribution in [2.45, 2.75) is 17.9 Å². The second-order valence-corrected chi connectivity index (χ2v) is 6.12. The molecule has 22 heavy (non-hydrogen) atoms. The van der Waals surface area contributed by atoms with E-state index in [0.29, 0.717) is 18.7 Å². The summed E-state index contributed by atoms with van der Waals surface area (Å²) in [5.74, 6) is 0.422. The minimum absolute atomic E-state index is 0.00294. The van der Waals surface area contributed by atoms with Crippen molar-refractivity contribution in [3.8, 4) is 0 Å². The number of hydrogen-bond acceptors (Lipinski definition) is 3. The van der Waals surface area contributed by atoms with Crippen molar-refractivity contribution in [3.05, 3.63) is 59.7 Å². The van der Waals surface area contributed by atoms with E-state index in [1.807, 2.05) is 48.5 Å². The summed E-state index contributed by atoms with van der Waals surface area (Å²) in [6.07, 6.45) is 0.306. The molecule has 1 aliphatic heterocycles. The van der Waals surface area contributed by atoms with Crippen molar-refractivity contribution >= 4 is 29.3 Å². The Morgan fingerprint density at radius 3 is 2.77 bits per heavy atom. The van der Waals surface area contributed by atoms with Gasteiger partial charge in [0.05, 0.1) is 17.9 Å². The van der Waals surface area contributed by atoms with Crippen LogP contribution < -0.4 is 10.6 Å². The number of carbonyl (C=O) groups is 2. The van der Waals surface area contributed by atoms with Gasteiger partial charge >= 0.3 is 0 Å².